The van der Waals surface area contributed by atoms with Crippen LogP contribution in [0.2, 0.25) is 0 Å². The number of morpholine rings is 1. The van der Waals surface area contributed by atoms with Crippen LogP contribution in [0, 0.1) is 0 Å². The van der Waals surface area contributed by atoms with Crippen molar-refractivity contribution in [3.63, 3.8) is 0 Å². The largest absolute Gasteiger partial charge is 0.390 e. The van der Waals surface area contributed by atoms with E-state index < -0.39 is 12.3 Å². The minimum atomic E-state index is -0.679. The molecule has 0 saturated carbocycles. The van der Waals surface area contributed by atoms with Crippen molar-refractivity contribution in [3.8, 4) is 0 Å². The Labute approximate surface area is 218 Å². The maximum Gasteiger partial charge on any atom is 0.320 e. The molecule has 4 aliphatic rings. The van der Waals surface area contributed by atoms with Crippen LogP contribution in [0.1, 0.15) is 41.5 Å². The smallest absolute Gasteiger partial charge is 0.320 e. The molecule has 2 aromatic rings. The van der Waals surface area contributed by atoms with E-state index in [1.54, 1.807) is 16.0 Å². The summed E-state index contributed by atoms with van der Waals surface area (Å²) in [7, 11) is 0. The summed E-state index contributed by atoms with van der Waals surface area (Å²) in [6.45, 7) is 5.67. The molecule has 9 nitrogen and oxygen atoms in total. The van der Waals surface area contributed by atoms with Crippen LogP contribution in [0.25, 0.3) is 0 Å². The van der Waals surface area contributed by atoms with E-state index in [4.69, 9.17) is 4.74 Å². The average molecular weight is 508 g/mol. The molecular weight excluding hydrogens is 470 g/mol. The molecule has 3 fully saturated rings. The van der Waals surface area contributed by atoms with Gasteiger partial charge in [-0.25, -0.2) is 4.79 Å². The Morgan fingerprint density at radius 1 is 0.946 bits per heavy atom. The average Bonchev–Trinajstić information content (AvgIpc) is 3.37. The molecule has 198 valence electrons. The first kappa shape index (κ1) is 24.8. The Balaban J connectivity index is 0.993. The Kier molecular flexibility index (Phi) is 7.14. The second kappa shape index (κ2) is 10.7. The molecule has 3 unspecified atom stereocenters. The molecule has 2 bridgehead atoms. The third kappa shape index (κ3) is 5.24. The van der Waals surface area contributed by atoms with Crippen molar-refractivity contribution >= 4 is 6.03 Å². The molecular formula is C28H37N5O4. The summed E-state index contributed by atoms with van der Waals surface area (Å²) >= 11 is 0. The molecule has 3 saturated heterocycles. The molecule has 37 heavy (non-hydrogen) atoms. The van der Waals surface area contributed by atoms with Crippen molar-refractivity contribution in [2.45, 2.75) is 56.8 Å². The van der Waals surface area contributed by atoms with Gasteiger partial charge in [0.1, 0.15) is 6.23 Å². The highest BCUT2D eigenvalue weighted by atomic mass is 16.5. The van der Waals surface area contributed by atoms with Crippen LogP contribution in [0.3, 0.4) is 0 Å². The monoisotopic (exact) mass is 507 g/mol. The maximum atomic E-state index is 13.0. The van der Waals surface area contributed by atoms with E-state index in [2.05, 4.69) is 39.0 Å². The summed E-state index contributed by atoms with van der Waals surface area (Å²) in [4.78, 5) is 25.5. The second-order valence-electron chi connectivity index (χ2n) is 10.9. The Hall–Kier alpha value is -2.56. The van der Waals surface area contributed by atoms with Gasteiger partial charge in [0.25, 0.3) is 0 Å². The first-order chi connectivity index (χ1) is 18.0. The van der Waals surface area contributed by atoms with Crippen molar-refractivity contribution in [1.29, 1.82) is 0 Å². The number of carbonyl (C=O) groups is 1. The van der Waals surface area contributed by atoms with Gasteiger partial charge in [-0.05, 0) is 36.5 Å². The number of amides is 2. The van der Waals surface area contributed by atoms with Crippen molar-refractivity contribution < 1.29 is 19.7 Å². The molecule has 2 N–H and O–H groups in total. The van der Waals surface area contributed by atoms with Gasteiger partial charge < -0.3 is 24.7 Å². The zero-order valence-electron chi connectivity index (χ0n) is 21.3. The summed E-state index contributed by atoms with van der Waals surface area (Å²) in [6, 6.07) is 12.8. The number of pyridine rings is 1. The van der Waals surface area contributed by atoms with Crippen LogP contribution in [-0.2, 0) is 24.2 Å². The Morgan fingerprint density at radius 3 is 2.46 bits per heavy atom. The number of urea groups is 1. The number of hydrogen-bond acceptors (Lipinski definition) is 7. The highest BCUT2D eigenvalue weighted by Gasteiger charge is 2.41. The number of carbonyl (C=O) groups excluding carboxylic acids is 1. The molecule has 9 heteroatoms. The number of aliphatic hydroxyl groups excluding tert-OH is 2. The van der Waals surface area contributed by atoms with Gasteiger partial charge in [-0.2, -0.15) is 0 Å². The first-order valence-corrected chi connectivity index (χ1v) is 13.5. The molecule has 4 aliphatic heterocycles. The molecule has 1 aromatic carbocycles. The maximum absolute atomic E-state index is 13.0. The molecule has 4 atom stereocenters. The lowest BCUT2D eigenvalue weighted by Gasteiger charge is -2.38. The molecule has 0 radical (unpaired) electrons. The summed E-state index contributed by atoms with van der Waals surface area (Å²) in [6.07, 6.45) is 3.58. The topological polar surface area (TPSA) is 92.6 Å². The lowest BCUT2D eigenvalue weighted by Crippen LogP contribution is -2.47. The van der Waals surface area contributed by atoms with E-state index in [9.17, 15) is 15.0 Å². The summed E-state index contributed by atoms with van der Waals surface area (Å²) < 4.78 is 5.63. The van der Waals surface area contributed by atoms with Gasteiger partial charge in [-0.15, -0.1) is 0 Å². The van der Waals surface area contributed by atoms with E-state index in [1.807, 2.05) is 12.1 Å². The fourth-order valence-corrected chi connectivity index (χ4v) is 6.38. The van der Waals surface area contributed by atoms with Crippen LogP contribution in [0.4, 0.5) is 4.79 Å². The SMILES string of the molecule is O=C1N(Cc2ccc(C(O)N3C4CCC3COC4)cn2)CCN1C[C@H](O)CN1CCc2ccccc2C1. The number of aromatic nitrogens is 1. The normalized spacial score (nSPS) is 25.9. The number of ether oxygens (including phenoxy) is 1. The molecule has 0 spiro atoms. The number of hydrogen-bond donors (Lipinski definition) is 2. The zero-order valence-corrected chi connectivity index (χ0v) is 21.3. The minimum absolute atomic E-state index is 0.0566. The van der Waals surface area contributed by atoms with Crippen LogP contribution >= 0.6 is 0 Å². The standard InChI is InChI=1S/C28H37N5O4/c34-26(16-30-10-9-20-3-1-2-4-22(20)14-30)17-32-12-11-31(28(32)36)15-23-6-5-21(13-29-23)27(35)33-24-7-8-25(33)19-37-18-24/h1-6,13,24-27,34-35H,7-12,14-19H2/t24?,25?,26-,27?/m1/s1. The molecule has 6 rings (SSSR count). The van der Waals surface area contributed by atoms with Gasteiger partial charge >= 0.3 is 6.03 Å². The Morgan fingerprint density at radius 2 is 1.70 bits per heavy atom. The third-order valence-electron chi connectivity index (χ3n) is 8.37. The minimum Gasteiger partial charge on any atom is -0.390 e. The number of nitrogens with zero attached hydrogens (tertiary/aromatic N) is 5. The quantitative estimate of drug-likeness (QED) is 0.561. The van der Waals surface area contributed by atoms with E-state index in [0.717, 1.165) is 43.6 Å². The van der Waals surface area contributed by atoms with Gasteiger partial charge in [0.15, 0.2) is 0 Å². The fourth-order valence-electron chi connectivity index (χ4n) is 6.38. The lowest BCUT2D eigenvalue weighted by molar-refractivity contribution is -0.103. The number of rotatable bonds is 8. The van der Waals surface area contributed by atoms with Crippen LogP contribution in [0.5, 0.6) is 0 Å². The molecule has 2 amide bonds. The number of benzene rings is 1. The van der Waals surface area contributed by atoms with Crippen molar-refractivity contribution in [2.75, 3.05) is 45.9 Å². The zero-order chi connectivity index (χ0) is 25.4. The summed E-state index contributed by atoms with van der Waals surface area (Å²) in [5.41, 5.74) is 4.29. The van der Waals surface area contributed by atoms with Gasteiger partial charge in [-0.1, -0.05) is 30.3 Å². The number of fused-ring (bicyclic) bond motifs is 3. The van der Waals surface area contributed by atoms with Crippen molar-refractivity contribution in [2.24, 2.45) is 0 Å². The molecule has 5 heterocycles. The fraction of sp³-hybridized carbons (Fsp3) is 0.571. The molecule has 0 aliphatic carbocycles. The Bertz CT molecular complexity index is 1080. The van der Waals surface area contributed by atoms with E-state index in [1.165, 1.54) is 11.1 Å². The number of aliphatic hydroxyl groups is 2. The van der Waals surface area contributed by atoms with Crippen LogP contribution < -0.4 is 0 Å². The van der Waals surface area contributed by atoms with Crippen molar-refractivity contribution in [1.82, 2.24) is 24.6 Å². The van der Waals surface area contributed by atoms with E-state index in [-0.39, 0.29) is 18.1 Å². The van der Waals surface area contributed by atoms with Gasteiger partial charge in [0, 0.05) is 63.1 Å². The van der Waals surface area contributed by atoms with Crippen LogP contribution in [0.15, 0.2) is 42.6 Å². The van der Waals surface area contributed by atoms with Crippen LogP contribution in [-0.4, -0.2) is 105 Å². The predicted molar refractivity (Wildman–Crippen MR) is 137 cm³/mol. The summed E-state index contributed by atoms with van der Waals surface area (Å²) in [5.74, 6) is 0. The van der Waals surface area contributed by atoms with Gasteiger partial charge in [0.05, 0.1) is 31.6 Å². The highest BCUT2D eigenvalue weighted by molar-refractivity contribution is 5.76. The van der Waals surface area contributed by atoms with Crippen molar-refractivity contribution in [3.05, 3.63) is 65.0 Å². The summed E-state index contributed by atoms with van der Waals surface area (Å²) in [5, 5.41) is 21.7. The first-order valence-electron chi connectivity index (χ1n) is 13.5. The predicted octanol–water partition coefficient (Wildman–Crippen LogP) is 1.59. The van der Waals surface area contributed by atoms with E-state index in [0.29, 0.717) is 45.9 Å². The third-order valence-corrected chi connectivity index (χ3v) is 8.37. The number of β-amino-alcohol motifs (C(OH)–C–C–N with tert-alkyl or cyclic N) is 1. The lowest BCUT2D eigenvalue weighted by atomic mass is 10.00. The second-order valence-corrected chi connectivity index (χ2v) is 10.9. The van der Waals surface area contributed by atoms with Gasteiger partial charge in [0.2, 0.25) is 0 Å². The van der Waals surface area contributed by atoms with Gasteiger partial charge in [-0.3, -0.25) is 14.8 Å². The highest BCUT2D eigenvalue weighted by Crippen LogP contribution is 2.35. The molecule has 1 aromatic heterocycles. The van der Waals surface area contributed by atoms with E-state index >= 15 is 0 Å².